The molecule has 1 N–H and O–H groups in total. The lowest BCUT2D eigenvalue weighted by molar-refractivity contribution is -0.0493. The lowest BCUT2D eigenvalue weighted by Crippen LogP contribution is -2.47. The molecule has 2 atom stereocenters. The maximum atomic E-state index is 11.0. The molecule has 0 amide bonds. The maximum Gasteiger partial charge on any atom is 0.0926 e. The van der Waals surface area contributed by atoms with E-state index in [1.54, 1.807) is 0 Å². The SMILES string of the molecule is CCc1ccc(C2(O)CC3CCC(C2)N3C)cc1. The average Bonchev–Trinajstić information content (AvgIpc) is 2.63. The monoisotopic (exact) mass is 245 g/mol. The van der Waals surface area contributed by atoms with Gasteiger partial charge >= 0.3 is 0 Å². The summed E-state index contributed by atoms with van der Waals surface area (Å²) >= 11 is 0. The molecule has 0 radical (unpaired) electrons. The fourth-order valence-electron chi connectivity index (χ4n) is 3.73. The molecule has 18 heavy (non-hydrogen) atoms. The van der Waals surface area contributed by atoms with Crippen LogP contribution < -0.4 is 0 Å². The highest BCUT2D eigenvalue weighted by molar-refractivity contribution is 5.29. The minimum Gasteiger partial charge on any atom is -0.385 e. The van der Waals surface area contributed by atoms with Crippen LogP contribution in [0.4, 0.5) is 0 Å². The van der Waals surface area contributed by atoms with Crippen molar-refractivity contribution in [2.75, 3.05) is 7.05 Å². The number of rotatable bonds is 2. The van der Waals surface area contributed by atoms with E-state index in [9.17, 15) is 5.11 Å². The van der Waals surface area contributed by atoms with Gasteiger partial charge in [-0.05, 0) is 50.3 Å². The first-order valence-electron chi connectivity index (χ1n) is 7.16. The Kier molecular flexibility index (Phi) is 2.95. The summed E-state index contributed by atoms with van der Waals surface area (Å²) < 4.78 is 0. The van der Waals surface area contributed by atoms with Gasteiger partial charge in [-0.1, -0.05) is 31.2 Å². The van der Waals surface area contributed by atoms with Gasteiger partial charge in [0.25, 0.3) is 0 Å². The fraction of sp³-hybridized carbons (Fsp3) is 0.625. The highest BCUT2D eigenvalue weighted by Gasteiger charge is 2.46. The largest absolute Gasteiger partial charge is 0.385 e. The Morgan fingerprint density at radius 1 is 1.17 bits per heavy atom. The third-order valence-corrected chi connectivity index (χ3v) is 5.03. The first-order chi connectivity index (χ1) is 8.62. The van der Waals surface area contributed by atoms with Gasteiger partial charge < -0.3 is 10.0 Å². The van der Waals surface area contributed by atoms with E-state index in [0.717, 1.165) is 24.8 Å². The molecule has 2 heteroatoms. The number of hydrogen-bond donors (Lipinski definition) is 1. The highest BCUT2D eigenvalue weighted by atomic mass is 16.3. The van der Waals surface area contributed by atoms with Crippen molar-refractivity contribution in [3.63, 3.8) is 0 Å². The third kappa shape index (κ3) is 1.88. The Morgan fingerprint density at radius 2 is 1.72 bits per heavy atom. The smallest absolute Gasteiger partial charge is 0.0926 e. The first-order valence-corrected chi connectivity index (χ1v) is 7.16. The Morgan fingerprint density at radius 3 is 2.22 bits per heavy atom. The zero-order valence-corrected chi connectivity index (χ0v) is 11.4. The molecule has 2 aliphatic rings. The van der Waals surface area contributed by atoms with Crippen molar-refractivity contribution in [2.45, 2.75) is 56.7 Å². The second-order valence-electron chi connectivity index (χ2n) is 6.04. The Bertz CT molecular complexity index is 411. The standard InChI is InChI=1S/C16H23NO/c1-3-12-4-6-13(7-5-12)16(18)10-14-8-9-15(11-16)17(14)2/h4-7,14-15,18H,3,8-11H2,1-2H3. The molecule has 0 spiro atoms. The summed E-state index contributed by atoms with van der Waals surface area (Å²) in [5.74, 6) is 0. The van der Waals surface area contributed by atoms with Crippen LogP contribution in [-0.2, 0) is 12.0 Å². The van der Waals surface area contributed by atoms with Crippen molar-refractivity contribution in [1.29, 1.82) is 0 Å². The zero-order chi connectivity index (χ0) is 12.8. The summed E-state index contributed by atoms with van der Waals surface area (Å²) in [4.78, 5) is 2.47. The summed E-state index contributed by atoms with van der Waals surface area (Å²) in [6, 6.07) is 9.72. The van der Waals surface area contributed by atoms with E-state index in [-0.39, 0.29) is 0 Å². The molecule has 3 rings (SSSR count). The molecule has 2 unspecified atom stereocenters. The lowest BCUT2D eigenvalue weighted by Gasteiger charge is -2.42. The molecule has 2 nitrogen and oxygen atoms in total. The molecule has 2 heterocycles. The van der Waals surface area contributed by atoms with E-state index in [0.29, 0.717) is 12.1 Å². The molecule has 2 saturated heterocycles. The summed E-state index contributed by atoms with van der Waals surface area (Å²) in [5.41, 5.74) is 1.87. The van der Waals surface area contributed by atoms with Crippen molar-refractivity contribution < 1.29 is 5.11 Å². The fourth-order valence-corrected chi connectivity index (χ4v) is 3.73. The van der Waals surface area contributed by atoms with Gasteiger partial charge in [0.05, 0.1) is 5.60 Å². The van der Waals surface area contributed by atoms with E-state index in [1.165, 1.54) is 18.4 Å². The van der Waals surface area contributed by atoms with Crippen molar-refractivity contribution in [3.8, 4) is 0 Å². The predicted molar refractivity (Wildman–Crippen MR) is 73.5 cm³/mol. The molecule has 1 aromatic rings. The van der Waals surface area contributed by atoms with E-state index in [1.807, 2.05) is 0 Å². The van der Waals surface area contributed by atoms with Crippen LogP contribution in [0.3, 0.4) is 0 Å². The van der Waals surface area contributed by atoms with Crippen LogP contribution >= 0.6 is 0 Å². The van der Waals surface area contributed by atoms with Gasteiger partial charge in [-0.15, -0.1) is 0 Å². The van der Waals surface area contributed by atoms with Crippen molar-refractivity contribution in [3.05, 3.63) is 35.4 Å². The third-order valence-electron chi connectivity index (χ3n) is 5.03. The van der Waals surface area contributed by atoms with E-state index < -0.39 is 5.60 Å². The molecule has 98 valence electrons. The van der Waals surface area contributed by atoms with Gasteiger partial charge in [-0.3, -0.25) is 0 Å². The van der Waals surface area contributed by atoms with Crippen LogP contribution in [-0.4, -0.2) is 29.1 Å². The summed E-state index contributed by atoms with van der Waals surface area (Å²) in [5, 5.41) is 11.0. The highest BCUT2D eigenvalue weighted by Crippen LogP contribution is 2.44. The number of piperidine rings is 1. The minimum atomic E-state index is -0.593. The quantitative estimate of drug-likeness (QED) is 0.866. The van der Waals surface area contributed by atoms with Crippen LogP contribution in [0.25, 0.3) is 0 Å². The lowest BCUT2D eigenvalue weighted by atomic mass is 9.80. The van der Waals surface area contributed by atoms with Crippen molar-refractivity contribution in [2.24, 2.45) is 0 Å². The normalized spacial score (nSPS) is 35.9. The number of benzene rings is 1. The van der Waals surface area contributed by atoms with Gasteiger partial charge in [0.2, 0.25) is 0 Å². The number of hydrogen-bond acceptors (Lipinski definition) is 2. The molecular weight excluding hydrogens is 222 g/mol. The first kappa shape index (κ1) is 12.2. The topological polar surface area (TPSA) is 23.5 Å². The predicted octanol–water partition coefficient (Wildman–Crippen LogP) is 2.69. The summed E-state index contributed by atoms with van der Waals surface area (Å²) in [6.45, 7) is 2.17. The average molecular weight is 245 g/mol. The van der Waals surface area contributed by atoms with Gasteiger partial charge in [0, 0.05) is 12.1 Å². The van der Waals surface area contributed by atoms with Crippen molar-refractivity contribution in [1.82, 2.24) is 4.90 Å². The zero-order valence-electron chi connectivity index (χ0n) is 11.4. The number of fused-ring (bicyclic) bond motifs is 2. The van der Waals surface area contributed by atoms with Crippen LogP contribution in [0.5, 0.6) is 0 Å². The van der Waals surface area contributed by atoms with E-state index in [2.05, 4.69) is 43.1 Å². The number of nitrogens with zero attached hydrogens (tertiary/aromatic N) is 1. The molecule has 0 aliphatic carbocycles. The number of aliphatic hydroxyl groups is 1. The van der Waals surface area contributed by atoms with Crippen LogP contribution in [0.15, 0.2) is 24.3 Å². The molecule has 2 fully saturated rings. The molecule has 2 bridgehead atoms. The minimum absolute atomic E-state index is 0.569. The van der Waals surface area contributed by atoms with Gasteiger partial charge in [-0.25, -0.2) is 0 Å². The van der Waals surface area contributed by atoms with E-state index in [4.69, 9.17) is 0 Å². The molecule has 2 aliphatic heterocycles. The second kappa shape index (κ2) is 4.36. The molecular formula is C16H23NO. The maximum absolute atomic E-state index is 11.0. The Balaban J connectivity index is 1.86. The van der Waals surface area contributed by atoms with Crippen LogP contribution in [0.1, 0.15) is 43.7 Å². The van der Waals surface area contributed by atoms with Gasteiger partial charge in [0.15, 0.2) is 0 Å². The van der Waals surface area contributed by atoms with Crippen LogP contribution in [0.2, 0.25) is 0 Å². The molecule has 0 aromatic heterocycles. The molecule has 0 saturated carbocycles. The van der Waals surface area contributed by atoms with Gasteiger partial charge in [0.1, 0.15) is 0 Å². The second-order valence-corrected chi connectivity index (χ2v) is 6.04. The van der Waals surface area contributed by atoms with Gasteiger partial charge in [-0.2, -0.15) is 0 Å². The van der Waals surface area contributed by atoms with E-state index >= 15 is 0 Å². The van der Waals surface area contributed by atoms with Crippen molar-refractivity contribution >= 4 is 0 Å². The summed E-state index contributed by atoms with van der Waals surface area (Å²) in [6.07, 6.45) is 5.34. The summed E-state index contributed by atoms with van der Waals surface area (Å²) in [7, 11) is 2.21. The van der Waals surface area contributed by atoms with Crippen LogP contribution in [0, 0.1) is 0 Å². The Hall–Kier alpha value is -0.860. The molecule has 1 aromatic carbocycles. The number of aryl methyl sites for hydroxylation is 1. The Labute approximate surface area is 110 Å².